The highest BCUT2D eigenvalue weighted by molar-refractivity contribution is 6.27. The first-order valence-corrected chi connectivity index (χ1v) is 13.2. The van der Waals surface area contributed by atoms with Crippen molar-refractivity contribution >= 4 is 35.0 Å². The monoisotopic (exact) mass is 534 g/mol. The molecular formula is C32H26N2O6. The van der Waals surface area contributed by atoms with Gasteiger partial charge in [-0.3, -0.25) is 19.2 Å². The van der Waals surface area contributed by atoms with Crippen LogP contribution in [0.4, 0.5) is 11.4 Å². The lowest BCUT2D eigenvalue weighted by Crippen LogP contribution is -2.60. The molecule has 0 aromatic heterocycles. The Balaban J connectivity index is 1.44. The summed E-state index contributed by atoms with van der Waals surface area (Å²) in [5, 5.41) is 0. The average molecular weight is 535 g/mol. The number of para-hydroxylation sites is 4. The number of allylic oxidation sites excluding steroid dienone is 2. The second-order valence-corrected chi connectivity index (χ2v) is 10.6. The second kappa shape index (κ2) is 8.64. The van der Waals surface area contributed by atoms with Crippen LogP contribution in [0.3, 0.4) is 0 Å². The molecule has 2 saturated heterocycles. The molecule has 8 heteroatoms. The quantitative estimate of drug-likeness (QED) is 0.366. The molecule has 2 bridgehead atoms. The number of carbonyl (C=O) groups excluding carboxylic acids is 4. The standard InChI is InChI=1S/C32H26N2O6/c1-39-22-14-8-6-12-20(22)33-28(35)24-19-16-17-32(26(24)30(33)37,18-10-4-3-5-11-18)27-25(19)29(36)34(31(27)38)21-13-7-9-15-23(21)40-2/h3-17,19,24-27H,1-2H3/t19?,24-,25+,26+,27?,32?/m0/s1. The van der Waals surface area contributed by atoms with E-state index in [2.05, 4.69) is 0 Å². The van der Waals surface area contributed by atoms with Gasteiger partial charge in [-0.1, -0.05) is 66.7 Å². The minimum Gasteiger partial charge on any atom is -0.495 e. The Labute approximate surface area is 230 Å². The highest BCUT2D eigenvalue weighted by Gasteiger charge is 2.75. The molecule has 0 N–H and O–H groups in total. The maximum absolute atomic E-state index is 14.4. The zero-order valence-corrected chi connectivity index (χ0v) is 21.9. The number of anilines is 2. The number of rotatable bonds is 5. The van der Waals surface area contributed by atoms with Gasteiger partial charge >= 0.3 is 0 Å². The number of methoxy groups -OCH3 is 2. The second-order valence-electron chi connectivity index (χ2n) is 10.6. The molecule has 3 aromatic rings. The van der Waals surface area contributed by atoms with E-state index in [4.69, 9.17) is 9.47 Å². The van der Waals surface area contributed by atoms with E-state index < -0.39 is 46.8 Å². The first kappa shape index (κ1) is 24.3. The third-order valence-corrected chi connectivity index (χ3v) is 9.08. The molecule has 4 amide bonds. The molecule has 8 rings (SSSR count). The van der Waals surface area contributed by atoms with Crippen LogP contribution in [0.2, 0.25) is 0 Å². The van der Waals surface area contributed by atoms with Gasteiger partial charge in [0.15, 0.2) is 0 Å². The highest BCUT2D eigenvalue weighted by Crippen LogP contribution is 2.65. The zero-order chi connectivity index (χ0) is 27.8. The van der Waals surface area contributed by atoms with Crippen molar-refractivity contribution in [3.63, 3.8) is 0 Å². The summed E-state index contributed by atoms with van der Waals surface area (Å²) in [5.74, 6) is -4.73. The van der Waals surface area contributed by atoms with Crippen LogP contribution in [0.5, 0.6) is 11.5 Å². The largest absolute Gasteiger partial charge is 0.495 e. The van der Waals surface area contributed by atoms with E-state index in [1.54, 1.807) is 48.5 Å². The number of benzene rings is 3. The minimum absolute atomic E-state index is 0.357. The lowest BCUT2D eigenvalue weighted by Gasteiger charge is -2.53. The van der Waals surface area contributed by atoms with Gasteiger partial charge < -0.3 is 9.47 Å². The van der Waals surface area contributed by atoms with E-state index in [1.807, 2.05) is 42.5 Å². The molecule has 1 saturated carbocycles. The van der Waals surface area contributed by atoms with Gasteiger partial charge in [-0.25, -0.2) is 9.80 Å². The van der Waals surface area contributed by atoms with Crippen LogP contribution in [0.15, 0.2) is 91.0 Å². The summed E-state index contributed by atoms with van der Waals surface area (Å²) >= 11 is 0. The molecule has 3 aliphatic carbocycles. The summed E-state index contributed by atoms with van der Waals surface area (Å²) in [6.45, 7) is 0. The van der Waals surface area contributed by atoms with Crippen molar-refractivity contribution in [2.24, 2.45) is 29.6 Å². The molecule has 6 atom stereocenters. The van der Waals surface area contributed by atoms with Gasteiger partial charge in [0.1, 0.15) is 11.5 Å². The predicted octanol–water partition coefficient (Wildman–Crippen LogP) is 3.75. The Morgan fingerprint density at radius 3 is 1.52 bits per heavy atom. The number of ether oxygens (including phenoxy) is 2. The van der Waals surface area contributed by atoms with Gasteiger partial charge in [0.25, 0.3) is 0 Å². The average Bonchev–Trinajstić information content (AvgIpc) is 3.44. The summed E-state index contributed by atoms with van der Waals surface area (Å²) in [6.07, 6.45) is 3.78. The Bertz CT molecular complexity index is 1520. The van der Waals surface area contributed by atoms with Crippen LogP contribution in [0, 0.1) is 29.6 Å². The maximum atomic E-state index is 14.4. The van der Waals surface area contributed by atoms with Crippen LogP contribution < -0.4 is 19.3 Å². The summed E-state index contributed by atoms with van der Waals surface area (Å²) in [7, 11) is 2.98. The van der Waals surface area contributed by atoms with Gasteiger partial charge in [0.05, 0.1) is 49.3 Å². The number of imide groups is 2. The summed E-state index contributed by atoms with van der Waals surface area (Å²) < 4.78 is 11.0. The maximum Gasteiger partial charge on any atom is 0.239 e. The molecule has 40 heavy (non-hydrogen) atoms. The first-order chi connectivity index (χ1) is 19.5. The summed E-state index contributed by atoms with van der Waals surface area (Å²) in [4.78, 5) is 59.6. The Morgan fingerprint density at radius 1 is 0.600 bits per heavy atom. The lowest BCUT2D eigenvalue weighted by molar-refractivity contribution is -0.140. The fourth-order valence-electron chi connectivity index (χ4n) is 7.58. The number of nitrogens with zero attached hydrogens (tertiary/aromatic N) is 2. The van der Waals surface area contributed by atoms with Crippen molar-refractivity contribution in [1.82, 2.24) is 0 Å². The number of hydrogen-bond acceptors (Lipinski definition) is 6. The zero-order valence-electron chi connectivity index (χ0n) is 21.9. The Hall–Kier alpha value is -4.72. The van der Waals surface area contributed by atoms with Crippen LogP contribution in [0.25, 0.3) is 0 Å². The fourth-order valence-corrected chi connectivity index (χ4v) is 7.58. The highest BCUT2D eigenvalue weighted by atomic mass is 16.5. The number of hydrogen-bond donors (Lipinski definition) is 0. The molecule has 200 valence electrons. The molecular weight excluding hydrogens is 508 g/mol. The van der Waals surface area contributed by atoms with Crippen LogP contribution in [-0.2, 0) is 24.6 Å². The summed E-state index contributed by atoms with van der Waals surface area (Å²) in [6, 6.07) is 23.1. The van der Waals surface area contributed by atoms with Crippen LogP contribution in [-0.4, -0.2) is 37.8 Å². The molecule has 3 unspecified atom stereocenters. The number of amides is 4. The van der Waals surface area contributed by atoms with Gasteiger partial charge in [0, 0.05) is 11.3 Å². The molecule has 2 aliphatic heterocycles. The van der Waals surface area contributed by atoms with Gasteiger partial charge in [-0.15, -0.1) is 0 Å². The van der Waals surface area contributed by atoms with Gasteiger partial charge in [-0.05, 0) is 29.8 Å². The van der Waals surface area contributed by atoms with Crippen molar-refractivity contribution in [3.05, 3.63) is 96.6 Å². The predicted molar refractivity (Wildman–Crippen MR) is 146 cm³/mol. The fraction of sp³-hybridized carbons (Fsp3) is 0.250. The van der Waals surface area contributed by atoms with E-state index in [0.717, 1.165) is 5.56 Å². The van der Waals surface area contributed by atoms with Gasteiger partial charge in [-0.2, -0.15) is 0 Å². The molecule has 5 aliphatic rings. The van der Waals surface area contributed by atoms with E-state index in [0.29, 0.717) is 22.9 Å². The van der Waals surface area contributed by atoms with E-state index in [9.17, 15) is 19.2 Å². The topological polar surface area (TPSA) is 93.2 Å². The Kier molecular flexibility index (Phi) is 5.26. The van der Waals surface area contributed by atoms with Crippen molar-refractivity contribution in [3.8, 4) is 11.5 Å². The van der Waals surface area contributed by atoms with Crippen LogP contribution in [0.1, 0.15) is 5.56 Å². The van der Waals surface area contributed by atoms with Gasteiger partial charge in [0.2, 0.25) is 23.6 Å². The number of carbonyl (C=O) groups is 4. The van der Waals surface area contributed by atoms with Crippen molar-refractivity contribution in [2.75, 3.05) is 24.0 Å². The lowest BCUT2D eigenvalue weighted by atomic mass is 9.45. The smallest absolute Gasteiger partial charge is 0.239 e. The minimum atomic E-state index is -1.20. The van der Waals surface area contributed by atoms with Crippen molar-refractivity contribution in [2.45, 2.75) is 5.41 Å². The third-order valence-electron chi connectivity index (χ3n) is 9.08. The normalized spacial score (nSPS) is 30.1. The van der Waals surface area contributed by atoms with Crippen LogP contribution >= 0.6 is 0 Å². The molecule has 2 heterocycles. The summed E-state index contributed by atoms with van der Waals surface area (Å²) in [5.41, 5.74) is 0.240. The van der Waals surface area contributed by atoms with E-state index >= 15 is 0 Å². The molecule has 3 fully saturated rings. The molecule has 0 spiro atoms. The molecule has 0 radical (unpaired) electrons. The van der Waals surface area contributed by atoms with E-state index in [-0.39, 0.29) is 11.8 Å². The Morgan fingerprint density at radius 2 is 1.05 bits per heavy atom. The van der Waals surface area contributed by atoms with E-state index in [1.165, 1.54) is 24.0 Å². The molecule has 3 aromatic carbocycles. The first-order valence-electron chi connectivity index (χ1n) is 13.2. The SMILES string of the molecule is COc1ccccc1N1C(=O)C2[C@H](C1=O)C1C=CC2(c2ccccc2)[C@H]2C(=O)N(c3ccccc3OC)C(=O)[C@@H]12. The van der Waals surface area contributed by atoms with Crippen molar-refractivity contribution < 1.29 is 28.7 Å². The molecule has 8 nitrogen and oxygen atoms in total. The van der Waals surface area contributed by atoms with Crippen molar-refractivity contribution in [1.29, 1.82) is 0 Å². The third kappa shape index (κ3) is 2.90.